The average Bonchev–Trinajstić information content (AvgIpc) is 2.44. The second kappa shape index (κ2) is 3.39. The average molecular weight is 210 g/mol. The van der Waals surface area contributed by atoms with Crippen LogP contribution in [0.25, 0.3) is 0 Å². The number of carboxylic acid groups (broad SMARTS) is 1. The van der Waals surface area contributed by atoms with Crippen molar-refractivity contribution >= 4 is 17.3 Å². The Morgan fingerprint density at radius 2 is 2.36 bits per heavy atom. The summed E-state index contributed by atoms with van der Waals surface area (Å²) in [5.74, 6) is -0.671. The van der Waals surface area contributed by atoms with Crippen LogP contribution in [-0.2, 0) is 10.2 Å². The van der Waals surface area contributed by atoms with Gasteiger partial charge in [0.15, 0.2) is 0 Å². The van der Waals surface area contributed by atoms with Crippen molar-refractivity contribution in [2.24, 2.45) is 0 Å². The Balaban J connectivity index is 2.24. The van der Waals surface area contributed by atoms with Gasteiger partial charge in [-0.25, -0.2) is 0 Å². The second-order valence-corrected chi connectivity index (χ2v) is 5.10. The molecule has 1 N–H and O–H groups in total. The zero-order valence-corrected chi connectivity index (χ0v) is 9.06. The Morgan fingerprint density at radius 3 is 2.71 bits per heavy atom. The third-order valence-electron chi connectivity index (χ3n) is 3.05. The van der Waals surface area contributed by atoms with Gasteiger partial charge in [0, 0.05) is 10.3 Å². The molecule has 1 fully saturated rings. The van der Waals surface area contributed by atoms with Crippen molar-refractivity contribution in [3.8, 4) is 0 Å². The molecule has 76 valence electrons. The molecular formula is C11H14O2S. The lowest BCUT2D eigenvalue weighted by atomic mass is 9.65. The van der Waals surface area contributed by atoms with E-state index in [1.165, 1.54) is 16.9 Å². The quantitative estimate of drug-likeness (QED) is 0.832. The monoisotopic (exact) mass is 210 g/mol. The van der Waals surface area contributed by atoms with E-state index in [2.05, 4.69) is 18.4 Å². The molecule has 3 heteroatoms. The molecule has 1 heterocycles. The fraction of sp³-hybridized carbons (Fsp3) is 0.545. The van der Waals surface area contributed by atoms with E-state index in [9.17, 15) is 4.79 Å². The molecule has 14 heavy (non-hydrogen) atoms. The molecular weight excluding hydrogens is 196 g/mol. The van der Waals surface area contributed by atoms with E-state index in [0.717, 1.165) is 12.8 Å². The summed E-state index contributed by atoms with van der Waals surface area (Å²) in [6.45, 7) is 2.06. The molecule has 0 aromatic carbocycles. The Hall–Kier alpha value is -0.830. The van der Waals surface area contributed by atoms with Gasteiger partial charge in [-0.1, -0.05) is 6.42 Å². The van der Waals surface area contributed by atoms with Crippen molar-refractivity contribution in [2.45, 2.75) is 38.0 Å². The van der Waals surface area contributed by atoms with Crippen LogP contribution in [0.2, 0.25) is 0 Å². The van der Waals surface area contributed by atoms with Crippen LogP contribution in [0.1, 0.15) is 36.1 Å². The number of carbonyl (C=O) groups is 1. The Labute approximate surface area is 87.6 Å². The van der Waals surface area contributed by atoms with Crippen molar-refractivity contribution < 1.29 is 9.90 Å². The first-order chi connectivity index (χ1) is 6.62. The highest BCUT2D eigenvalue weighted by molar-refractivity contribution is 7.10. The van der Waals surface area contributed by atoms with Gasteiger partial charge in [0.2, 0.25) is 0 Å². The molecule has 1 aromatic rings. The highest BCUT2D eigenvalue weighted by Crippen LogP contribution is 2.48. The van der Waals surface area contributed by atoms with Crippen molar-refractivity contribution in [3.63, 3.8) is 0 Å². The first-order valence-electron chi connectivity index (χ1n) is 4.90. The van der Waals surface area contributed by atoms with Crippen LogP contribution in [0.15, 0.2) is 11.4 Å². The van der Waals surface area contributed by atoms with E-state index in [-0.39, 0.29) is 5.41 Å². The Bertz CT molecular complexity index is 350. The van der Waals surface area contributed by atoms with E-state index >= 15 is 0 Å². The molecule has 0 amide bonds. The van der Waals surface area contributed by atoms with Gasteiger partial charge < -0.3 is 5.11 Å². The molecule has 0 bridgehead atoms. The minimum Gasteiger partial charge on any atom is -0.481 e. The summed E-state index contributed by atoms with van der Waals surface area (Å²) in [4.78, 5) is 12.1. The summed E-state index contributed by atoms with van der Waals surface area (Å²) in [6, 6.07) is 2.15. The van der Waals surface area contributed by atoms with Crippen LogP contribution in [0.4, 0.5) is 0 Å². The highest BCUT2D eigenvalue weighted by atomic mass is 32.1. The van der Waals surface area contributed by atoms with Gasteiger partial charge in [-0.05, 0) is 36.8 Å². The summed E-state index contributed by atoms with van der Waals surface area (Å²) in [5, 5.41) is 11.0. The maximum atomic E-state index is 10.8. The fourth-order valence-electron chi connectivity index (χ4n) is 2.11. The third-order valence-corrected chi connectivity index (χ3v) is 4.35. The molecule has 0 atom stereocenters. The summed E-state index contributed by atoms with van der Waals surface area (Å²) in [7, 11) is 0. The first-order valence-corrected chi connectivity index (χ1v) is 5.78. The normalized spacial score (nSPS) is 18.9. The smallest absolute Gasteiger partial charge is 0.304 e. The maximum absolute atomic E-state index is 10.8. The van der Waals surface area contributed by atoms with E-state index in [0.29, 0.717) is 6.42 Å². The summed E-state index contributed by atoms with van der Waals surface area (Å²) >= 11 is 1.71. The number of hydrogen-bond acceptors (Lipinski definition) is 2. The minimum absolute atomic E-state index is 0.0231. The van der Waals surface area contributed by atoms with Crippen molar-refractivity contribution in [2.75, 3.05) is 0 Å². The largest absolute Gasteiger partial charge is 0.481 e. The maximum Gasteiger partial charge on any atom is 0.304 e. The topological polar surface area (TPSA) is 37.3 Å². The molecule has 2 rings (SSSR count). The fourth-order valence-corrected chi connectivity index (χ4v) is 3.27. The Morgan fingerprint density at radius 1 is 1.64 bits per heavy atom. The van der Waals surface area contributed by atoms with Crippen LogP contribution >= 0.6 is 11.3 Å². The van der Waals surface area contributed by atoms with Crippen molar-refractivity contribution in [1.29, 1.82) is 0 Å². The molecule has 1 aliphatic rings. The standard InChI is InChI=1S/C11H14O2S/c1-8-5-9(14-7-8)11(3-2-4-11)6-10(12)13/h5,7H,2-4,6H2,1H3,(H,12,13). The third kappa shape index (κ3) is 1.57. The highest BCUT2D eigenvalue weighted by Gasteiger charge is 2.41. The molecule has 0 unspecified atom stereocenters. The number of rotatable bonds is 3. The zero-order chi connectivity index (χ0) is 10.2. The van der Waals surface area contributed by atoms with E-state index in [4.69, 9.17) is 5.11 Å². The van der Waals surface area contributed by atoms with Gasteiger partial charge in [-0.3, -0.25) is 4.79 Å². The van der Waals surface area contributed by atoms with Crippen molar-refractivity contribution in [1.82, 2.24) is 0 Å². The van der Waals surface area contributed by atoms with Crippen LogP contribution in [0.5, 0.6) is 0 Å². The zero-order valence-electron chi connectivity index (χ0n) is 8.25. The minimum atomic E-state index is -0.671. The molecule has 1 aromatic heterocycles. The van der Waals surface area contributed by atoms with E-state index < -0.39 is 5.97 Å². The predicted molar refractivity (Wildman–Crippen MR) is 56.8 cm³/mol. The van der Waals surface area contributed by atoms with Gasteiger partial charge in [-0.2, -0.15) is 0 Å². The van der Waals surface area contributed by atoms with Gasteiger partial charge in [-0.15, -0.1) is 11.3 Å². The summed E-state index contributed by atoms with van der Waals surface area (Å²) in [6.07, 6.45) is 3.55. The number of thiophene rings is 1. The van der Waals surface area contributed by atoms with Crippen molar-refractivity contribution in [3.05, 3.63) is 21.9 Å². The van der Waals surface area contributed by atoms with Gasteiger partial charge in [0.1, 0.15) is 0 Å². The predicted octanol–water partition coefficient (Wildman–Crippen LogP) is 2.95. The molecule has 1 saturated carbocycles. The Kier molecular flexibility index (Phi) is 2.35. The molecule has 0 spiro atoms. The van der Waals surface area contributed by atoms with Crippen LogP contribution in [0, 0.1) is 6.92 Å². The van der Waals surface area contributed by atoms with Gasteiger partial charge >= 0.3 is 5.97 Å². The second-order valence-electron chi connectivity index (χ2n) is 4.19. The molecule has 0 saturated heterocycles. The van der Waals surface area contributed by atoms with Crippen LogP contribution in [-0.4, -0.2) is 11.1 Å². The van der Waals surface area contributed by atoms with Gasteiger partial charge in [0.25, 0.3) is 0 Å². The first kappa shape index (κ1) is 9.71. The lowest BCUT2D eigenvalue weighted by Crippen LogP contribution is -2.35. The van der Waals surface area contributed by atoms with Gasteiger partial charge in [0.05, 0.1) is 6.42 Å². The van der Waals surface area contributed by atoms with Crippen LogP contribution < -0.4 is 0 Å². The van der Waals surface area contributed by atoms with Crippen LogP contribution in [0.3, 0.4) is 0 Å². The lowest BCUT2D eigenvalue weighted by Gasteiger charge is -2.40. The summed E-state index contributed by atoms with van der Waals surface area (Å²) < 4.78 is 0. The number of carboxylic acids is 1. The lowest BCUT2D eigenvalue weighted by molar-refractivity contribution is -0.139. The summed E-state index contributed by atoms with van der Waals surface area (Å²) in [5.41, 5.74) is 1.23. The molecule has 2 nitrogen and oxygen atoms in total. The van der Waals surface area contributed by atoms with E-state index in [1.807, 2.05) is 0 Å². The number of hydrogen-bond donors (Lipinski definition) is 1. The van der Waals surface area contributed by atoms with E-state index in [1.54, 1.807) is 11.3 Å². The molecule has 0 aliphatic heterocycles. The molecule has 1 aliphatic carbocycles. The number of aryl methyl sites for hydroxylation is 1. The SMILES string of the molecule is Cc1csc(C2(CC(=O)O)CCC2)c1. The molecule has 0 radical (unpaired) electrons. The number of aliphatic carboxylic acids is 1.